The van der Waals surface area contributed by atoms with Gasteiger partial charge in [-0.15, -0.1) is 0 Å². The van der Waals surface area contributed by atoms with Gasteiger partial charge in [-0.25, -0.2) is 9.29 Å². The third-order valence-corrected chi connectivity index (χ3v) is 5.89. The Morgan fingerprint density at radius 1 is 0.941 bits per heavy atom. The van der Waals surface area contributed by atoms with Crippen LogP contribution in [0.1, 0.15) is 15.9 Å². The van der Waals surface area contributed by atoms with Crippen molar-refractivity contribution in [2.24, 2.45) is 0 Å². The van der Waals surface area contributed by atoms with Crippen molar-refractivity contribution < 1.29 is 18.8 Å². The first-order valence-corrected chi connectivity index (χ1v) is 11.0. The highest BCUT2D eigenvalue weighted by molar-refractivity contribution is 6.53. The van der Waals surface area contributed by atoms with Crippen LogP contribution in [0.3, 0.4) is 0 Å². The van der Waals surface area contributed by atoms with Crippen molar-refractivity contribution in [2.75, 3.05) is 15.5 Å². The summed E-state index contributed by atoms with van der Waals surface area (Å²) in [4.78, 5) is 39.1. The van der Waals surface area contributed by atoms with E-state index in [1.54, 1.807) is 36.4 Å². The highest BCUT2D eigenvalue weighted by Gasteiger charge is 2.39. The second-order valence-electron chi connectivity index (χ2n) is 7.35. The minimum absolute atomic E-state index is 0.0720. The molecule has 2 N–H and O–H groups in total. The van der Waals surface area contributed by atoms with E-state index < -0.39 is 17.6 Å². The van der Waals surface area contributed by atoms with Crippen LogP contribution in [-0.2, 0) is 9.59 Å². The van der Waals surface area contributed by atoms with Gasteiger partial charge in [-0.2, -0.15) is 0 Å². The minimum atomic E-state index is -0.788. The van der Waals surface area contributed by atoms with Gasteiger partial charge in [0.2, 0.25) is 0 Å². The highest BCUT2D eigenvalue weighted by atomic mass is 35.5. The number of aryl methyl sites for hydroxylation is 1. The van der Waals surface area contributed by atoms with Crippen molar-refractivity contribution in [3.8, 4) is 0 Å². The van der Waals surface area contributed by atoms with Gasteiger partial charge in [0.25, 0.3) is 17.7 Å². The maximum absolute atomic E-state index is 13.5. The SMILES string of the molecule is Cc1cc(Cl)ccc1NC(=O)c1cccc(NC2=C(Cl)C(=O)N(c3ccc(F)c(Cl)c3)C2=O)c1. The van der Waals surface area contributed by atoms with Crippen molar-refractivity contribution in [1.82, 2.24) is 0 Å². The van der Waals surface area contributed by atoms with Gasteiger partial charge < -0.3 is 10.6 Å². The summed E-state index contributed by atoms with van der Waals surface area (Å²) in [6.07, 6.45) is 0. The molecule has 0 aromatic heterocycles. The van der Waals surface area contributed by atoms with Crippen molar-refractivity contribution in [2.45, 2.75) is 6.92 Å². The van der Waals surface area contributed by atoms with E-state index in [0.29, 0.717) is 22.0 Å². The largest absolute Gasteiger partial charge is 0.350 e. The van der Waals surface area contributed by atoms with E-state index in [9.17, 15) is 18.8 Å². The van der Waals surface area contributed by atoms with Gasteiger partial charge >= 0.3 is 0 Å². The number of carbonyl (C=O) groups is 3. The Labute approximate surface area is 208 Å². The zero-order valence-electron chi connectivity index (χ0n) is 17.5. The highest BCUT2D eigenvalue weighted by Crippen LogP contribution is 2.32. The molecule has 3 aromatic carbocycles. The molecule has 1 heterocycles. The fourth-order valence-corrected chi connectivity index (χ4v) is 3.93. The van der Waals surface area contributed by atoms with Crippen molar-refractivity contribution >= 4 is 69.6 Å². The lowest BCUT2D eigenvalue weighted by atomic mass is 10.1. The summed E-state index contributed by atoms with van der Waals surface area (Å²) in [5.41, 5.74) is 1.94. The molecular weight excluding hydrogens is 504 g/mol. The van der Waals surface area contributed by atoms with Gasteiger partial charge in [-0.1, -0.05) is 40.9 Å². The van der Waals surface area contributed by atoms with Crippen LogP contribution in [0.4, 0.5) is 21.5 Å². The van der Waals surface area contributed by atoms with Gasteiger partial charge in [0.05, 0.1) is 10.7 Å². The second kappa shape index (κ2) is 9.46. The molecule has 0 unspecified atom stereocenters. The van der Waals surface area contributed by atoms with Crippen molar-refractivity contribution in [3.63, 3.8) is 0 Å². The Morgan fingerprint density at radius 3 is 2.41 bits per heavy atom. The fourth-order valence-electron chi connectivity index (χ4n) is 3.31. The molecule has 0 radical (unpaired) electrons. The first-order chi connectivity index (χ1) is 16.2. The summed E-state index contributed by atoms with van der Waals surface area (Å²) >= 11 is 17.9. The number of benzene rings is 3. The normalized spacial score (nSPS) is 13.5. The molecule has 1 aliphatic heterocycles. The van der Waals surface area contributed by atoms with Gasteiger partial charge in [-0.05, 0) is 67.1 Å². The molecule has 34 heavy (non-hydrogen) atoms. The molecule has 172 valence electrons. The third kappa shape index (κ3) is 4.63. The average Bonchev–Trinajstić information content (AvgIpc) is 3.01. The van der Waals surface area contributed by atoms with E-state index >= 15 is 0 Å². The molecule has 0 fully saturated rings. The molecule has 6 nitrogen and oxygen atoms in total. The Kier molecular flexibility index (Phi) is 6.61. The van der Waals surface area contributed by atoms with E-state index in [0.717, 1.165) is 22.6 Å². The number of nitrogens with zero attached hydrogens (tertiary/aromatic N) is 1. The van der Waals surface area contributed by atoms with E-state index in [-0.39, 0.29) is 27.3 Å². The molecule has 4 rings (SSSR count). The third-order valence-electron chi connectivity index (χ3n) is 5.02. The molecular formula is C24H15Cl3FN3O3. The van der Waals surface area contributed by atoms with Crippen LogP contribution in [0, 0.1) is 12.7 Å². The zero-order chi connectivity index (χ0) is 24.6. The Hall–Kier alpha value is -3.39. The van der Waals surface area contributed by atoms with Crippen LogP contribution in [0.5, 0.6) is 0 Å². The second-order valence-corrected chi connectivity index (χ2v) is 8.57. The predicted octanol–water partition coefficient (Wildman–Crippen LogP) is 6.13. The molecule has 3 aromatic rings. The number of anilines is 3. The Bertz CT molecular complexity index is 1390. The maximum atomic E-state index is 13.5. The molecule has 3 amide bonds. The molecule has 0 saturated carbocycles. The average molecular weight is 519 g/mol. The van der Waals surface area contributed by atoms with E-state index in [2.05, 4.69) is 10.6 Å². The lowest BCUT2D eigenvalue weighted by Gasteiger charge is -2.15. The number of imide groups is 1. The molecule has 0 atom stereocenters. The van der Waals surface area contributed by atoms with Gasteiger partial charge in [0.1, 0.15) is 16.5 Å². The monoisotopic (exact) mass is 517 g/mol. The van der Waals surface area contributed by atoms with E-state index in [4.69, 9.17) is 34.8 Å². The number of amides is 3. The number of hydrogen-bond acceptors (Lipinski definition) is 4. The van der Waals surface area contributed by atoms with Crippen LogP contribution >= 0.6 is 34.8 Å². The van der Waals surface area contributed by atoms with Crippen LogP contribution < -0.4 is 15.5 Å². The summed E-state index contributed by atoms with van der Waals surface area (Å²) in [7, 11) is 0. The van der Waals surface area contributed by atoms with Gasteiger partial charge in [0, 0.05) is 22.0 Å². The molecule has 1 aliphatic rings. The molecule has 10 heteroatoms. The molecule has 0 spiro atoms. The minimum Gasteiger partial charge on any atom is -0.350 e. The number of rotatable bonds is 5. The summed E-state index contributed by atoms with van der Waals surface area (Å²) in [5.74, 6) is -2.61. The predicted molar refractivity (Wildman–Crippen MR) is 131 cm³/mol. The molecule has 0 aliphatic carbocycles. The van der Waals surface area contributed by atoms with Gasteiger partial charge in [-0.3, -0.25) is 14.4 Å². The standard InChI is InChI=1S/C24H15Cl3FN3O3/c1-12-9-14(25)5-8-19(12)30-22(32)13-3-2-4-15(10-13)29-21-20(27)23(33)31(24(21)34)16-6-7-18(28)17(26)11-16/h2-11,29H,1H3,(H,30,32). The van der Waals surface area contributed by atoms with Crippen molar-refractivity contribution in [1.29, 1.82) is 0 Å². The number of halogens is 4. The number of nitrogens with one attached hydrogen (secondary N) is 2. The van der Waals surface area contributed by atoms with Crippen LogP contribution in [0.15, 0.2) is 71.4 Å². The van der Waals surface area contributed by atoms with Crippen LogP contribution in [0.2, 0.25) is 10.0 Å². The molecule has 0 saturated heterocycles. The first-order valence-electron chi connectivity index (χ1n) is 9.84. The maximum Gasteiger partial charge on any atom is 0.283 e. The van der Waals surface area contributed by atoms with E-state index in [1.165, 1.54) is 12.1 Å². The van der Waals surface area contributed by atoms with Crippen molar-refractivity contribution in [3.05, 3.63) is 98.4 Å². The Morgan fingerprint density at radius 2 is 1.71 bits per heavy atom. The van der Waals surface area contributed by atoms with E-state index in [1.807, 2.05) is 6.92 Å². The lowest BCUT2D eigenvalue weighted by molar-refractivity contribution is -0.120. The van der Waals surface area contributed by atoms with Crippen LogP contribution in [-0.4, -0.2) is 17.7 Å². The van der Waals surface area contributed by atoms with Crippen LogP contribution in [0.25, 0.3) is 0 Å². The quantitative estimate of drug-likeness (QED) is 0.398. The fraction of sp³-hybridized carbons (Fsp3) is 0.0417. The lowest BCUT2D eigenvalue weighted by Crippen LogP contribution is -2.32. The summed E-state index contributed by atoms with van der Waals surface area (Å²) in [5, 5.41) is 5.57. The Balaban J connectivity index is 1.55. The topological polar surface area (TPSA) is 78.5 Å². The molecule has 0 bridgehead atoms. The number of carbonyl (C=O) groups excluding carboxylic acids is 3. The summed E-state index contributed by atoms with van der Waals surface area (Å²) in [6.45, 7) is 1.82. The summed E-state index contributed by atoms with van der Waals surface area (Å²) < 4.78 is 13.5. The smallest absolute Gasteiger partial charge is 0.283 e. The number of hydrogen-bond donors (Lipinski definition) is 2. The first kappa shape index (κ1) is 23.8. The zero-order valence-corrected chi connectivity index (χ0v) is 19.7. The summed E-state index contributed by atoms with van der Waals surface area (Å²) in [6, 6.07) is 14.9. The van der Waals surface area contributed by atoms with Gasteiger partial charge in [0.15, 0.2) is 0 Å².